The number of nitrogens with zero attached hydrogens (tertiary/aromatic N) is 1. The topological polar surface area (TPSA) is 3.24 Å². The normalized spacial score (nSPS) is 14.4. The summed E-state index contributed by atoms with van der Waals surface area (Å²) < 4.78 is 2.68. The Morgan fingerprint density at radius 3 is 1.46 bits per heavy atom. The minimum atomic E-state index is -0.589. The van der Waals surface area contributed by atoms with Gasteiger partial charge in [0, 0.05) is 42.6 Å². The van der Waals surface area contributed by atoms with Crippen LogP contribution in [0.25, 0.3) is 75.8 Å². The molecule has 1 spiro atoms. The molecule has 1 atom stereocenters. The lowest BCUT2D eigenvalue weighted by molar-refractivity contribution is 0.776. The van der Waals surface area contributed by atoms with E-state index in [0.717, 1.165) is 17.1 Å². The van der Waals surface area contributed by atoms with E-state index in [9.17, 15) is 0 Å². The van der Waals surface area contributed by atoms with E-state index in [4.69, 9.17) is 0 Å². The molecule has 0 saturated heterocycles. The molecule has 11 aromatic rings. The molecule has 63 heavy (non-hydrogen) atoms. The Hall–Kier alpha value is -7.78. The minimum absolute atomic E-state index is 0.589. The summed E-state index contributed by atoms with van der Waals surface area (Å²) in [5, 5.41) is 2.65. The second kappa shape index (κ2) is 14.1. The first-order valence-electron chi connectivity index (χ1n) is 21.8. The van der Waals surface area contributed by atoms with Crippen LogP contribution in [0.5, 0.6) is 0 Å². The van der Waals surface area contributed by atoms with Crippen LogP contribution in [-0.2, 0) is 5.41 Å². The third kappa shape index (κ3) is 5.22. The monoisotopic (exact) mass is 817 g/mol. The van der Waals surface area contributed by atoms with Crippen molar-refractivity contribution in [3.63, 3.8) is 0 Å². The Kier molecular flexibility index (Phi) is 8.06. The highest BCUT2D eigenvalue weighted by Gasteiger charge is 2.50. The van der Waals surface area contributed by atoms with Crippen molar-refractivity contribution in [2.75, 3.05) is 4.90 Å². The summed E-state index contributed by atoms with van der Waals surface area (Å²) in [6.45, 7) is 0. The SMILES string of the molecule is c1ccc(-c2ccccc2N(c2ccc3c(c2)-c2ccccc2-c2ccccc2C32c3ccccc3-c3c2ccc2c3sc3ccccc32)c2ccccc2-c2ccccc2)cc1. The lowest BCUT2D eigenvalue weighted by Gasteiger charge is -2.36. The molecule has 0 aliphatic heterocycles. The van der Waals surface area contributed by atoms with E-state index in [1.165, 1.54) is 98.1 Å². The Morgan fingerprint density at radius 2 is 0.794 bits per heavy atom. The number of benzene rings is 10. The van der Waals surface area contributed by atoms with Gasteiger partial charge in [-0.15, -0.1) is 11.3 Å². The lowest BCUT2D eigenvalue weighted by atomic mass is 9.66. The zero-order valence-corrected chi connectivity index (χ0v) is 35.2. The quantitative estimate of drug-likeness (QED) is 0.167. The summed E-state index contributed by atoms with van der Waals surface area (Å²) >= 11 is 1.93. The van der Waals surface area contributed by atoms with Crippen molar-refractivity contribution in [2.24, 2.45) is 0 Å². The Balaban J connectivity index is 1.15. The fourth-order valence-electron chi connectivity index (χ4n) is 11.0. The van der Waals surface area contributed by atoms with Gasteiger partial charge in [-0.25, -0.2) is 0 Å². The molecule has 10 aromatic carbocycles. The average Bonchev–Trinajstić information content (AvgIpc) is 3.86. The highest BCUT2D eigenvalue weighted by molar-refractivity contribution is 7.26. The number of para-hydroxylation sites is 2. The molecule has 13 rings (SSSR count). The number of thiophene rings is 1. The van der Waals surface area contributed by atoms with Crippen molar-refractivity contribution < 1.29 is 0 Å². The molecule has 1 nitrogen and oxygen atoms in total. The van der Waals surface area contributed by atoms with E-state index in [2.05, 4.69) is 241 Å². The molecule has 1 heterocycles. The van der Waals surface area contributed by atoms with Gasteiger partial charge in [0.2, 0.25) is 0 Å². The number of anilines is 3. The minimum Gasteiger partial charge on any atom is -0.309 e. The molecule has 0 bridgehead atoms. The predicted molar refractivity (Wildman–Crippen MR) is 267 cm³/mol. The number of rotatable bonds is 5. The molecule has 2 aliphatic carbocycles. The van der Waals surface area contributed by atoms with Crippen LogP contribution in [0.1, 0.15) is 22.3 Å². The highest BCUT2D eigenvalue weighted by Crippen LogP contribution is 2.64. The molecule has 2 heteroatoms. The summed E-state index contributed by atoms with van der Waals surface area (Å²) in [6.07, 6.45) is 0. The molecule has 0 saturated carbocycles. The summed E-state index contributed by atoms with van der Waals surface area (Å²) in [6, 6.07) is 87.9. The second-order valence-corrected chi connectivity index (χ2v) is 17.7. The molecule has 0 amide bonds. The van der Waals surface area contributed by atoms with Gasteiger partial charge in [0.1, 0.15) is 0 Å². The molecule has 1 aromatic heterocycles. The smallest absolute Gasteiger partial charge is 0.0726 e. The Labute approximate surface area is 371 Å². The molecular weight excluding hydrogens is 779 g/mol. The number of hydrogen-bond donors (Lipinski definition) is 0. The maximum atomic E-state index is 2.50. The Bertz CT molecular complexity index is 3500. The van der Waals surface area contributed by atoms with Crippen molar-refractivity contribution in [1.29, 1.82) is 0 Å². The average molecular weight is 818 g/mol. The van der Waals surface area contributed by atoms with Crippen molar-refractivity contribution in [2.45, 2.75) is 5.41 Å². The van der Waals surface area contributed by atoms with Crippen LogP contribution in [-0.4, -0.2) is 0 Å². The van der Waals surface area contributed by atoms with Gasteiger partial charge in [0.15, 0.2) is 0 Å². The largest absolute Gasteiger partial charge is 0.309 e. The maximum Gasteiger partial charge on any atom is 0.0726 e. The Morgan fingerprint density at radius 1 is 0.317 bits per heavy atom. The van der Waals surface area contributed by atoms with Gasteiger partial charge in [0.25, 0.3) is 0 Å². The van der Waals surface area contributed by atoms with Gasteiger partial charge in [-0.3, -0.25) is 0 Å². The first-order chi connectivity index (χ1) is 31.3. The van der Waals surface area contributed by atoms with Gasteiger partial charge in [-0.2, -0.15) is 0 Å². The first kappa shape index (κ1) is 35.9. The van der Waals surface area contributed by atoms with Crippen molar-refractivity contribution in [3.8, 4) is 55.6 Å². The highest BCUT2D eigenvalue weighted by atomic mass is 32.1. The lowest BCUT2D eigenvalue weighted by Crippen LogP contribution is -2.29. The van der Waals surface area contributed by atoms with Crippen LogP contribution in [0.15, 0.2) is 237 Å². The van der Waals surface area contributed by atoms with Crippen molar-refractivity contribution >= 4 is 48.6 Å². The van der Waals surface area contributed by atoms with Gasteiger partial charge in [0.05, 0.1) is 16.8 Å². The van der Waals surface area contributed by atoms with Crippen LogP contribution in [0.4, 0.5) is 17.1 Å². The molecule has 0 fully saturated rings. The molecule has 2 aliphatic rings. The van der Waals surface area contributed by atoms with Crippen LogP contribution >= 0.6 is 11.3 Å². The van der Waals surface area contributed by atoms with Crippen LogP contribution < -0.4 is 4.90 Å². The van der Waals surface area contributed by atoms with Crippen molar-refractivity contribution in [3.05, 3.63) is 259 Å². The van der Waals surface area contributed by atoms with Gasteiger partial charge in [-0.1, -0.05) is 206 Å². The van der Waals surface area contributed by atoms with E-state index in [1.807, 2.05) is 11.3 Å². The molecular formula is C61H39NS. The predicted octanol–water partition coefficient (Wildman–Crippen LogP) is 16.9. The van der Waals surface area contributed by atoms with Crippen LogP contribution in [0.2, 0.25) is 0 Å². The van der Waals surface area contributed by atoms with E-state index < -0.39 is 5.41 Å². The number of fused-ring (bicyclic) bond motifs is 16. The van der Waals surface area contributed by atoms with E-state index in [0.29, 0.717) is 0 Å². The molecule has 1 unspecified atom stereocenters. The molecule has 0 N–H and O–H groups in total. The van der Waals surface area contributed by atoms with E-state index >= 15 is 0 Å². The van der Waals surface area contributed by atoms with Gasteiger partial charge >= 0.3 is 0 Å². The summed E-state index contributed by atoms with van der Waals surface area (Å²) in [7, 11) is 0. The summed E-state index contributed by atoms with van der Waals surface area (Å²) in [5.74, 6) is 0. The van der Waals surface area contributed by atoms with Crippen LogP contribution in [0.3, 0.4) is 0 Å². The zero-order chi connectivity index (χ0) is 41.5. The third-order valence-electron chi connectivity index (χ3n) is 13.5. The zero-order valence-electron chi connectivity index (χ0n) is 34.4. The second-order valence-electron chi connectivity index (χ2n) is 16.7. The van der Waals surface area contributed by atoms with E-state index in [-0.39, 0.29) is 0 Å². The van der Waals surface area contributed by atoms with Crippen molar-refractivity contribution in [1.82, 2.24) is 0 Å². The molecule has 0 radical (unpaired) electrons. The summed E-state index contributed by atoms with van der Waals surface area (Å²) in [4.78, 5) is 2.50. The van der Waals surface area contributed by atoms with Gasteiger partial charge < -0.3 is 4.90 Å². The van der Waals surface area contributed by atoms with Gasteiger partial charge in [-0.05, 0) is 91.5 Å². The standard InChI is InChI=1S/C61H39NS/c1-3-19-40(20-4-1)43-23-11-16-32-56(43)62(57-33-17-12-24-44(57)41-21-5-2-6-22-41)42-35-37-54-51(39-42)46-26-8-7-25-45(46)47-27-9-14-30-52(47)61(54)53-31-15-10-29-50(53)59-55(61)38-36-49-48-28-13-18-34-58(48)63-60(49)59/h1-39H. The maximum absolute atomic E-state index is 2.50. The number of hydrogen-bond acceptors (Lipinski definition) is 2. The van der Waals surface area contributed by atoms with Crippen LogP contribution in [0, 0.1) is 0 Å². The fourth-order valence-corrected chi connectivity index (χ4v) is 12.2. The fraction of sp³-hybridized carbons (Fsp3) is 0.0164. The first-order valence-corrected chi connectivity index (χ1v) is 22.6. The van der Waals surface area contributed by atoms with E-state index in [1.54, 1.807) is 0 Å². The summed E-state index contributed by atoms with van der Waals surface area (Å²) in [5.41, 5.74) is 20.4. The third-order valence-corrected chi connectivity index (χ3v) is 14.7. The molecule has 294 valence electrons.